The van der Waals surface area contributed by atoms with Crippen molar-refractivity contribution in [1.29, 1.82) is 0 Å². The topological polar surface area (TPSA) is 128 Å². The minimum absolute atomic E-state index is 0.0387. The molecule has 0 spiro atoms. The molecule has 2 heterocycles. The summed E-state index contributed by atoms with van der Waals surface area (Å²) in [6.07, 6.45) is 3.13. The van der Waals surface area contributed by atoms with Gasteiger partial charge in [0.1, 0.15) is 0 Å². The number of rotatable bonds is 5. The molecule has 34 heavy (non-hydrogen) atoms. The van der Waals surface area contributed by atoms with Gasteiger partial charge in [0, 0.05) is 45.7 Å². The highest BCUT2D eigenvalue weighted by Crippen LogP contribution is 2.29. The highest BCUT2D eigenvalue weighted by Gasteiger charge is 2.29. The largest absolute Gasteiger partial charge is 0.451 e. The molecule has 0 fully saturated rings. The van der Waals surface area contributed by atoms with E-state index in [-0.39, 0.29) is 28.4 Å². The lowest BCUT2D eigenvalue weighted by molar-refractivity contribution is -0.119. The van der Waals surface area contributed by atoms with Crippen LogP contribution in [0, 0.1) is 0 Å². The molecule has 0 bridgehead atoms. The SMILES string of the molecule is O=C(COC(=O)c1csc(-c2ncccn2)n1)Nc1ccc2c(c1)C(=O)c1ccccc1C2=O. The number of hydrogen-bond acceptors (Lipinski definition) is 9. The average Bonchev–Trinajstić information content (AvgIpc) is 3.37. The zero-order valence-corrected chi connectivity index (χ0v) is 18.2. The van der Waals surface area contributed by atoms with Crippen molar-refractivity contribution in [3.8, 4) is 10.8 Å². The number of ketones is 2. The number of thiazole rings is 1. The van der Waals surface area contributed by atoms with Crippen molar-refractivity contribution in [3.05, 3.63) is 94.3 Å². The summed E-state index contributed by atoms with van der Waals surface area (Å²) in [6, 6.07) is 12.7. The number of ether oxygens (including phenoxy) is 1. The van der Waals surface area contributed by atoms with Crippen LogP contribution in [0.2, 0.25) is 0 Å². The zero-order valence-electron chi connectivity index (χ0n) is 17.3. The van der Waals surface area contributed by atoms with Crippen LogP contribution >= 0.6 is 11.3 Å². The smallest absolute Gasteiger partial charge is 0.358 e. The molecule has 1 aliphatic carbocycles. The molecule has 0 radical (unpaired) electrons. The van der Waals surface area contributed by atoms with Gasteiger partial charge in [-0.2, -0.15) is 0 Å². The van der Waals surface area contributed by atoms with Gasteiger partial charge in [0.05, 0.1) is 0 Å². The third kappa shape index (κ3) is 3.97. The summed E-state index contributed by atoms with van der Waals surface area (Å²) in [7, 11) is 0. The van der Waals surface area contributed by atoms with Gasteiger partial charge in [0.2, 0.25) is 0 Å². The number of hydrogen-bond donors (Lipinski definition) is 1. The first-order valence-corrected chi connectivity index (χ1v) is 10.9. The first kappa shape index (κ1) is 21.3. The Kier molecular flexibility index (Phi) is 5.48. The highest BCUT2D eigenvalue weighted by molar-refractivity contribution is 7.13. The van der Waals surface area contributed by atoms with Crippen LogP contribution in [-0.4, -0.2) is 45.0 Å². The van der Waals surface area contributed by atoms with Gasteiger partial charge in [-0.3, -0.25) is 14.4 Å². The van der Waals surface area contributed by atoms with Crippen molar-refractivity contribution in [2.45, 2.75) is 0 Å². The van der Waals surface area contributed by atoms with Crippen LogP contribution in [-0.2, 0) is 9.53 Å². The van der Waals surface area contributed by atoms with E-state index in [1.165, 1.54) is 34.9 Å². The third-order valence-electron chi connectivity index (χ3n) is 5.01. The standard InChI is InChI=1S/C24H14N4O5S/c29-19(11-33-24(32)18-12-34-23(28-18)22-25-8-3-9-26-22)27-13-6-7-16-17(10-13)21(31)15-5-2-1-4-14(15)20(16)30/h1-10,12H,11H2,(H,27,29). The quantitative estimate of drug-likeness (QED) is 0.388. The van der Waals surface area contributed by atoms with E-state index < -0.39 is 18.5 Å². The summed E-state index contributed by atoms with van der Waals surface area (Å²) in [5.41, 5.74) is 1.49. The molecule has 4 aromatic rings. The second kappa shape index (κ2) is 8.75. The van der Waals surface area contributed by atoms with E-state index in [1.54, 1.807) is 42.7 Å². The van der Waals surface area contributed by atoms with E-state index in [9.17, 15) is 19.2 Å². The van der Waals surface area contributed by atoms with Crippen LogP contribution in [0.3, 0.4) is 0 Å². The number of esters is 1. The maximum atomic E-state index is 12.8. The molecule has 2 aromatic heterocycles. The van der Waals surface area contributed by atoms with E-state index in [0.29, 0.717) is 27.6 Å². The maximum Gasteiger partial charge on any atom is 0.358 e. The second-order valence-electron chi connectivity index (χ2n) is 7.20. The number of nitrogens with zero attached hydrogens (tertiary/aromatic N) is 3. The minimum Gasteiger partial charge on any atom is -0.451 e. The van der Waals surface area contributed by atoms with E-state index in [1.807, 2.05) is 0 Å². The predicted octanol–water partition coefficient (Wildman–Crippen LogP) is 3.17. The first-order chi connectivity index (χ1) is 16.5. The Labute approximate surface area is 196 Å². The fourth-order valence-corrected chi connectivity index (χ4v) is 4.19. The van der Waals surface area contributed by atoms with Crippen molar-refractivity contribution >= 4 is 40.5 Å². The normalized spacial score (nSPS) is 12.0. The molecule has 0 saturated heterocycles. The molecule has 0 aliphatic heterocycles. The van der Waals surface area contributed by atoms with E-state index in [4.69, 9.17) is 4.74 Å². The van der Waals surface area contributed by atoms with E-state index in [2.05, 4.69) is 20.3 Å². The second-order valence-corrected chi connectivity index (χ2v) is 8.06. The number of benzene rings is 2. The fraction of sp³-hybridized carbons (Fsp3) is 0.0417. The van der Waals surface area contributed by atoms with Crippen molar-refractivity contribution in [2.75, 3.05) is 11.9 Å². The highest BCUT2D eigenvalue weighted by atomic mass is 32.1. The monoisotopic (exact) mass is 470 g/mol. The number of aromatic nitrogens is 3. The summed E-state index contributed by atoms with van der Waals surface area (Å²) in [5, 5.41) is 4.52. The van der Waals surface area contributed by atoms with E-state index in [0.717, 1.165) is 0 Å². The van der Waals surface area contributed by atoms with Gasteiger partial charge < -0.3 is 10.1 Å². The summed E-state index contributed by atoms with van der Waals surface area (Å²) in [4.78, 5) is 62.3. The van der Waals surface area contributed by atoms with Gasteiger partial charge in [-0.15, -0.1) is 11.3 Å². The third-order valence-corrected chi connectivity index (χ3v) is 5.85. The van der Waals surface area contributed by atoms with Crippen LogP contribution in [0.4, 0.5) is 5.69 Å². The average molecular weight is 470 g/mol. The molecule has 1 aliphatic rings. The Morgan fingerprint density at radius 2 is 1.56 bits per heavy atom. The molecule has 166 valence electrons. The fourth-order valence-electron chi connectivity index (χ4n) is 3.46. The van der Waals surface area contributed by atoms with Crippen LogP contribution in [0.15, 0.2) is 66.3 Å². The van der Waals surface area contributed by atoms with Crippen LogP contribution in [0.25, 0.3) is 10.8 Å². The lowest BCUT2D eigenvalue weighted by Crippen LogP contribution is -2.23. The Morgan fingerprint density at radius 3 is 2.29 bits per heavy atom. The molecule has 0 unspecified atom stereocenters. The van der Waals surface area contributed by atoms with Gasteiger partial charge in [0.25, 0.3) is 5.91 Å². The number of carbonyl (C=O) groups is 4. The molecule has 9 nitrogen and oxygen atoms in total. The number of anilines is 1. The van der Waals surface area contributed by atoms with Gasteiger partial charge in [-0.05, 0) is 24.3 Å². The summed E-state index contributed by atoms with van der Waals surface area (Å²) < 4.78 is 5.04. The number of nitrogens with one attached hydrogen (secondary N) is 1. The Balaban J connectivity index is 1.24. The summed E-state index contributed by atoms with van der Waals surface area (Å²) >= 11 is 1.18. The van der Waals surface area contributed by atoms with E-state index >= 15 is 0 Å². The van der Waals surface area contributed by atoms with Gasteiger partial charge in [-0.1, -0.05) is 24.3 Å². The number of fused-ring (bicyclic) bond motifs is 2. The molecule has 0 atom stereocenters. The Morgan fingerprint density at radius 1 is 0.882 bits per heavy atom. The van der Waals surface area contributed by atoms with Crippen molar-refractivity contribution in [2.24, 2.45) is 0 Å². The number of amides is 1. The lowest BCUT2D eigenvalue weighted by Gasteiger charge is -2.18. The maximum absolute atomic E-state index is 12.8. The Hall–Kier alpha value is -4.57. The van der Waals surface area contributed by atoms with Gasteiger partial charge in [0.15, 0.2) is 34.7 Å². The molecule has 5 rings (SSSR count). The van der Waals surface area contributed by atoms with Crippen molar-refractivity contribution in [3.63, 3.8) is 0 Å². The molecular weight excluding hydrogens is 456 g/mol. The van der Waals surface area contributed by atoms with Gasteiger partial charge in [-0.25, -0.2) is 19.7 Å². The first-order valence-electron chi connectivity index (χ1n) is 10.0. The molecular formula is C24H14N4O5S. The van der Waals surface area contributed by atoms with Crippen molar-refractivity contribution in [1.82, 2.24) is 15.0 Å². The van der Waals surface area contributed by atoms with Crippen LogP contribution in [0.1, 0.15) is 42.3 Å². The molecule has 2 aromatic carbocycles. The lowest BCUT2D eigenvalue weighted by atomic mass is 9.84. The molecule has 0 saturated carbocycles. The predicted molar refractivity (Wildman–Crippen MR) is 122 cm³/mol. The molecule has 1 amide bonds. The van der Waals surface area contributed by atoms with Gasteiger partial charge >= 0.3 is 5.97 Å². The minimum atomic E-state index is -0.767. The number of carbonyl (C=O) groups excluding carboxylic acids is 4. The molecule has 10 heteroatoms. The zero-order chi connectivity index (χ0) is 23.7. The summed E-state index contributed by atoms with van der Waals surface area (Å²) in [5.74, 6) is -1.54. The van der Waals surface area contributed by atoms with Crippen molar-refractivity contribution < 1.29 is 23.9 Å². The Bertz CT molecular complexity index is 1470. The molecule has 1 N–H and O–H groups in total. The summed E-state index contributed by atoms with van der Waals surface area (Å²) in [6.45, 7) is -0.555. The van der Waals surface area contributed by atoms with Crippen LogP contribution in [0.5, 0.6) is 0 Å². The van der Waals surface area contributed by atoms with Crippen LogP contribution < -0.4 is 5.32 Å².